The number of rotatable bonds is 6. The van der Waals surface area contributed by atoms with Crippen molar-refractivity contribution < 1.29 is 9.53 Å². The predicted molar refractivity (Wildman–Crippen MR) is 113 cm³/mol. The summed E-state index contributed by atoms with van der Waals surface area (Å²) in [5, 5.41) is 5.55. The molecule has 1 aromatic heterocycles. The first-order valence-electron chi connectivity index (χ1n) is 8.80. The highest BCUT2D eigenvalue weighted by Gasteiger charge is 2.13. The van der Waals surface area contributed by atoms with Gasteiger partial charge in [-0.2, -0.15) is 5.10 Å². The van der Waals surface area contributed by atoms with Crippen LogP contribution in [0.3, 0.4) is 0 Å². The molecule has 1 heterocycles. The molecular formula is C22H20Cl2N2O2. The van der Waals surface area contributed by atoms with Gasteiger partial charge in [0.15, 0.2) is 0 Å². The average molecular weight is 415 g/mol. The van der Waals surface area contributed by atoms with E-state index in [1.165, 1.54) is 6.08 Å². The molecule has 0 spiro atoms. The van der Waals surface area contributed by atoms with E-state index < -0.39 is 5.97 Å². The molecule has 144 valence electrons. The Hall–Kier alpha value is -2.56. The third-order valence-corrected chi connectivity index (χ3v) is 5.04. The maximum absolute atomic E-state index is 12.0. The second kappa shape index (κ2) is 9.09. The van der Waals surface area contributed by atoms with Crippen molar-refractivity contribution in [2.24, 2.45) is 0 Å². The topological polar surface area (TPSA) is 44.1 Å². The number of nitrogens with zero attached hydrogens (tertiary/aromatic N) is 2. The zero-order valence-corrected chi connectivity index (χ0v) is 17.2. The van der Waals surface area contributed by atoms with Crippen LogP contribution in [0.4, 0.5) is 0 Å². The number of ether oxygens (including phenoxy) is 1. The third-order valence-electron chi connectivity index (χ3n) is 4.28. The number of halogens is 2. The monoisotopic (exact) mass is 414 g/mol. The van der Waals surface area contributed by atoms with E-state index in [1.807, 2.05) is 62.4 Å². The Bertz CT molecular complexity index is 1010. The SMILES string of the molecule is Cc1ccc(COC(=O)/C=C/c2c(C)nn(Cc3ccccc3Cl)c2Cl)cc1. The minimum Gasteiger partial charge on any atom is -0.458 e. The van der Waals surface area contributed by atoms with Crippen molar-refractivity contribution in [1.29, 1.82) is 0 Å². The Labute approximate surface area is 174 Å². The second-order valence-corrected chi connectivity index (χ2v) is 7.23. The molecule has 28 heavy (non-hydrogen) atoms. The minimum absolute atomic E-state index is 0.224. The van der Waals surface area contributed by atoms with Gasteiger partial charge in [-0.1, -0.05) is 71.2 Å². The van der Waals surface area contributed by atoms with Crippen molar-refractivity contribution in [1.82, 2.24) is 9.78 Å². The molecule has 0 N–H and O–H groups in total. The standard InChI is InChI=1S/C22H20Cl2N2O2/c1-15-7-9-17(10-8-15)14-28-21(27)12-11-19-16(2)25-26(22(19)24)13-18-5-3-4-6-20(18)23/h3-12H,13-14H2,1-2H3/b12-11+. The van der Waals surface area contributed by atoms with E-state index in [-0.39, 0.29) is 6.61 Å². The molecule has 3 rings (SSSR count). The Morgan fingerprint density at radius 2 is 1.82 bits per heavy atom. The van der Waals surface area contributed by atoms with Gasteiger partial charge in [0.25, 0.3) is 0 Å². The quantitative estimate of drug-likeness (QED) is 0.388. The number of benzene rings is 2. The lowest BCUT2D eigenvalue weighted by atomic mass is 10.2. The van der Waals surface area contributed by atoms with Gasteiger partial charge in [-0.15, -0.1) is 0 Å². The number of aryl methyl sites for hydroxylation is 2. The molecule has 2 aromatic carbocycles. The molecule has 6 heteroatoms. The first-order valence-corrected chi connectivity index (χ1v) is 9.56. The van der Waals surface area contributed by atoms with Crippen LogP contribution >= 0.6 is 23.2 Å². The summed E-state index contributed by atoms with van der Waals surface area (Å²) in [5.74, 6) is -0.435. The molecule has 0 unspecified atom stereocenters. The molecule has 4 nitrogen and oxygen atoms in total. The van der Waals surface area contributed by atoms with Crippen LogP contribution in [0.1, 0.15) is 27.9 Å². The maximum atomic E-state index is 12.0. The van der Waals surface area contributed by atoms with Gasteiger partial charge in [0.05, 0.1) is 12.2 Å². The Balaban J connectivity index is 1.66. The van der Waals surface area contributed by atoms with Gasteiger partial charge in [0, 0.05) is 16.7 Å². The molecule has 0 fully saturated rings. The van der Waals surface area contributed by atoms with Crippen LogP contribution < -0.4 is 0 Å². The summed E-state index contributed by atoms with van der Waals surface area (Å²) < 4.78 is 6.94. The van der Waals surface area contributed by atoms with Crippen LogP contribution in [0.15, 0.2) is 54.6 Å². The molecular weight excluding hydrogens is 395 g/mol. The number of hydrogen-bond acceptors (Lipinski definition) is 3. The molecule has 0 bridgehead atoms. The largest absolute Gasteiger partial charge is 0.458 e. The van der Waals surface area contributed by atoms with E-state index in [4.69, 9.17) is 27.9 Å². The summed E-state index contributed by atoms with van der Waals surface area (Å²) in [6, 6.07) is 15.4. The summed E-state index contributed by atoms with van der Waals surface area (Å²) in [7, 11) is 0. The van der Waals surface area contributed by atoms with Crippen LogP contribution in [0.5, 0.6) is 0 Å². The Kier molecular flexibility index (Phi) is 6.55. The summed E-state index contributed by atoms with van der Waals surface area (Å²) in [4.78, 5) is 12.0. The Morgan fingerprint density at radius 1 is 1.11 bits per heavy atom. The van der Waals surface area contributed by atoms with Crippen LogP contribution in [0, 0.1) is 13.8 Å². The predicted octanol–water partition coefficient (Wildman–Crippen LogP) is 5.61. The third kappa shape index (κ3) is 5.03. The van der Waals surface area contributed by atoms with Crippen LogP contribution in [0.25, 0.3) is 6.08 Å². The fraction of sp³-hybridized carbons (Fsp3) is 0.182. The molecule has 0 atom stereocenters. The zero-order chi connectivity index (χ0) is 20.1. The highest BCUT2D eigenvalue weighted by atomic mass is 35.5. The van der Waals surface area contributed by atoms with Crippen LogP contribution in [-0.2, 0) is 22.7 Å². The maximum Gasteiger partial charge on any atom is 0.331 e. The molecule has 0 aliphatic rings. The summed E-state index contributed by atoms with van der Waals surface area (Å²) in [5.41, 5.74) is 4.42. The zero-order valence-electron chi connectivity index (χ0n) is 15.7. The molecule has 0 aliphatic carbocycles. The lowest BCUT2D eigenvalue weighted by molar-refractivity contribution is -0.138. The molecule has 0 radical (unpaired) electrons. The van der Waals surface area contributed by atoms with Gasteiger partial charge in [-0.05, 0) is 37.1 Å². The summed E-state index contributed by atoms with van der Waals surface area (Å²) in [6.07, 6.45) is 3.00. The van der Waals surface area contributed by atoms with E-state index in [0.29, 0.717) is 22.3 Å². The van der Waals surface area contributed by atoms with Gasteiger partial charge in [-0.25, -0.2) is 9.48 Å². The fourth-order valence-electron chi connectivity index (χ4n) is 2.69. The lowest BCUT2D eigenvalue weighted by Gasteiger charge is -2.05. The van der Waals surface area contributed by atoms with Gasteiger partial charge in [0.1, 0.15) is 11.8 Å². The minimum atomic E-state index is -0.435. The van der Waals surface area contributed by atoms with Gasteiger partial charge < -0.3 is 4.74 Å². The van der Waals surface area contributed by atoms with Crippen molar-refractivity contribution >= 4 is 35.2 Å². The van der Waals surface area contributed by atoms with Crippen molar-refractivity contribution in [3.05, 3.63) is 92.7 Å². The van der Waals surface area contributed by atoms with E-state index in [0.717, 1.165) is 22.4 Å². The highest BCUT2D eigenvalue weighted by Crippen LogP contribution is 2.24. The number of aromatic nitrogens is 2. The van der Waals surface area contributed by atoms with Crippen LogP contribution in [-0.4, -0.2) is 15.7 Å². The summed E-state index contributed by atoms with van der Waals surface area (Å²) in [6.45, 7) is 4.52. The Morgan fingerprint density at radius 3 is 2.54 bits per heavy atom. The van der Waals surface area contributed by atoms with Crippen molar-refractivity contribution in [2.75, 3.05) is 0 Å². The normalized spacial score (nSPS) is 11.1. The lowest BCUT2D eigenvalue weighted by Crippen LogP contribution is -2.02. The number of hydrogen-bond donors (Lipinski definition) is 0. The second-order valence-electron chi connectivity index (χ2n) is 6.47. The van der Waals surface area contributed by atoms with Crippen LogP contribution in [0.2, 0.25) is 10.2 Å². The molecule has 0 amide bonds. The number of carbonyl (C=O) groups excluding carboxylic acids is 1. The molecule has 0 saturated heterocycles. The van der Waals surface area contributed by atoms with Gasteiger partial charge >= 0.3 is 5.97 Å². The van der Waals surface area contributed by atoms with E-state index in [2.05, 4.69) is 5.10 Å². The summed E-state index contributed by atoms with van der Waals surface area (Å²) >= 11 is 12.7. The fourth-order valence-corrected chi connectivity index (χ4v) is 3.18. The van der Waals surface area contributed by atoms with Gasteiger partial charge in [0.2, 0.25) is 0 Å². The highest BCUT2D eigenvalue weighted by molar-refractivity contribution is 6.32. The van der Waals surface area contributed by atoms with Crippen molar-refractivity contribution in [3.8, 4) is 0 Å². The molecule has 0 aliphatic heterocycles. The smallest absolute Gasteiger partial charge is 0.331 e. The average Bonchev–Trinajstić information content (AvgIpc) is 2.94. The van der Waals surface area contributed by atoms with Crippen molar-refractivity contribution in [3.63, 3.8) is 0 Å². The first kappa shape index (κ1) is 20.2. The first-order chi connectivity index (χ1) is 13.4. The van der Waals surface area contributed by atoms with Crippen molar-refractivity contribution in [2.45, 2.75) is 27.0 Å². The van der Waals surface area contributed by atoms with E-state index in [1.54, 1.807) is 10.8 Å². The van der Waals surface area contributed by atoms with E-state index in [9.17, 15) is 4.79 Å². The molecule has 3 aromatic rings. The number of esters is 1. The molecule has 0 saturated carbocycles. The van der Waals surface area contributed by atoms with Gasteiger partial charge in [-0.3, -0.25) is 0 Å². The number of carbonyl (C=O) groups is 1. The van der Waals surface area contributed by atoms with E-state index >= 15 is 0 Å².